The second-order valence-corrected chi connectivity index (χ2v) is 3.03. The van der Waals surface area contributed by atoms with Crippen molar-refractivity contribution in [3.63, 3.8) is 0 Å². The number of hydrogen-bond donors (Lipinski definition) is 1. The number of carbonyl (C=O) groups is 1. The number of hydrogen-bond acceptors (Lipinski definition) is 1. The van der Waals surface area contributed by atoms with Gasteiger partial charge in [-0.1, -0.05) is 0 Å². The standard InChI is InChI=1S/C4H4Se.C2H4O2/c1-2-4-5-3-1;1-2(3)4/h1-4H;1H3,(H,3,4). The average Bonchev–Trinajstić information content (AvgIpc) is 2.11. The number of carboxylic acids is 1. The van der Waals surface area contributed by atoms with Crippen LogP contribution >= 0.6 is 0 Å². The van der Waals surface area contributed by atoms with Crippen molar-refractivity contribution in [2.75, 3.05) is 0 Å². The molecule has 0 radical (unpaired) electrons. The molecule has 50 valence electrons. The average molecular weight is 191 g/mol. The minimum atomic E-state index is -0.833. The Bertz CT molecular complexity index is 125. The van der Waals surface area contributed by atoms with Crippen molar-refractivity contribution < 1.29 is 9.90 Å². The Balaban J connectivity index is 0.000000148. The molecule has 1 aromatic heterocycles. The van der Waals surface area contributed by atoms with Crippen molar-refractivity contribution >= 4 is 20.5 Å². The molecule has 1 rings (SSSR count). The van der Waals surface area contributed by atoms with E-state index >= 15 is 0 Å². The Labute approximate surface area is 59.9 Å². The zero-order valence-corrected chi connectivity index (χ0v) is 6.79. The van der Waals surface area contributed by atoms with Gasteiger partial charge in [0, 0.05) is 6.92 Å². The molecule has 0 atom stereocenters. The van der Waals surface area contributed by atoms with E-state index in [2.05, 4.69) is 22.0 Å². The number of rotatable bonds is 0. The monoisotopic (exact) mass is 192 g/mol. The van der Waals surface area contributed by atoms with E-state index in [1.807, 2.05) is 0 Å². The molecule has 0 saturated carbocycles. The Hall–Kier alpha value is -0.531. The molecule has 0 fully saturated rings. The number of carboxylic acid groups (broad SMARTS) is 1. The van der Waals surface area contributed by atoms with Gasteiger partial charge >= 0.3 is 36.5 Å². The first-order valence-corrected chi connectivity index (χ1v) is 4.38. The van der Waals surface area contributed by atoms with Crippen LogP contribution in [-0.2, 0) is 4.79 Å². The predicted octanol–water partition coefficient (Wildman–Crippen LogP) is 0.835. The van der Waals surface area contributed by atoms with Gasteiger partial charge in [-0.05, 0) is 0 Å². The van der Waals surface area contributed by atoms with Crippen molar-refractivity contribution in [1.29, 1.82) is 0 Å². The first-order chi connectivity index (χ1) is 4.23. The van der Waals surface area contributed by atoms with Crippen LogP contribution in [-0.4, -0.2) is 25.6 Å². The summed E-state index contributed by atoms with van der Waals surface area (Å²) in [4.78, 5) is 13.4. The molecule has 9 heavy (non-hydrogen) atoms. The van der Waals surface area contributed by atoms with Gasteiger partial charge in [-0.3, -0.25) is 4.79 Å². The first kappa shape index (κ1) is 8.47. The summed E-state index contributed by atoms with van der Waals surface area (Å²) in [5.74, 6) is -0.833. The van der Waals surface area contributed by atoms with Gasteiger partial charge in [-0.2, -0.15) is 0 Å². The van der Waals surface area contributed by atoms with Gasteiger partial charge in [0.15, 0.2) is 0 Å². The van der Waals surface area contributed by atoms with Gasteiger partial charge in [0.1, 0.15) is 0 Å². The summed E-state index contributed by atoms with van der Waals surface area (Å²) in [6, 6.07) is 4.17. The van der Waals surface area contributed by atoms with Gasteiger partial charge in [-0.15, -0.1) is 0 Å². The zero-order chi connectivity index (χ0) is 7.11. The molecular formula is C6H8O2Se. The molecule has 1 heterocycles. The summed E-state index contributed by atoms with van der Waals surface area (Å²) < 4.78 is 0. The Kier molecular flexibility index (Phi) is 5.27. The molecule has 1 N–H and O–H groups in total. The van der Waals surface area contributed by atoms with E-state index in [0.29, 0.717) is 14.5 Å². The van der Waals surface area contributed by atoms with E-state index < -0.39 is 5.97 Å². The summed E-state index contributed by atoms with van der Waals surface area (Å²) in [5, 5.41) is 7.42. The third-order valence-corrected chi connectivity index (χ3v) is 1.74. The second-order valence-electron chi connectivity index (χ2n) is 1.31. The molecule has 0 spiro atoms. The molecule has 0 aliphatic rings. The van der Waals surface area contributed by atoms with Gasteiger partial charge < -0.3 is 5.11 Å². The van der Waals surface area contributed by atoms with Gasteiger partial charge in [0.25, 0.3) is 5.97 Å². The molecule has 0 aliphatic heterocycles. The predicted molar refractivity (Wildman–Crippen MR) is 36.7 cm³/mol. The van der Waals surface area contributed by atoms with Crippen molar-refractivity contribution in [1.82, 2.24) is 0 Å². The van der Waals surface area contributed by atoms with E-state index in [0.717, 1.165) is 6.92 Å². The van der Waals surface area contributed by atoms with Crippen LogP contribution in [0, 0.1) is 0 Å². The Morgan fingerprint density at radius 1 is 1.44 bits per heavy atom. The Morgan fingerprint density at radius 3 is 1.89 bits per heavy atom. The SMILES string of the molecule is CC(=O)O.c1cc[se]c1. The molecule has 2 nitrogen and oxygen atoms in total. The quantitative estimate of drug-likeness (QED) is 0.617. The molecule has 0 aliphatic carbocycles. The zero-order valence-electron chi connectivity index (χ0n) is 5.07. The van der Waals surface area contributed by atoms with Crippen molar-refractivity contribution in [3.05, 3.63) is 22.0 Å². The molecule has 0 amide bonds. The van der Waals surface area contributed by atoms with E-state index in [4.69, 9.17) is 9.90 Å². The van der Waals surface area contributed by atoms with Crippen LogP contribution in [0.3, 0.4) is 0 Å². The van der Waals surface area contributed by atoms with Gasteiger partial charge in [0.05, 0.1) is 0 Å². The topological polar surface area (TPSA) is 37.3 Å². The van der Waals surface area contributed by atoms with Gasteiger partial charge in [-0.25, -0.2) is 0 Å². The minimum absolute atomic E-state index is 0.708. The summed E-state index contributed by atoms with van der Waals surface area (Å²) in [6.07, 6.45) is 0. The summed E-state index contributed by atoms with van der Waals surface area (Å²) >= 11 is 0.708. The summed E-state index contributed by atoms with van der Waals surface area (Å²) in [5.41, 5.74) is 0. The van der Waals surface area contributed by atoms with Crippen LogP contribution in [0.1, 0.15) is 6.92 Å². The molecule has 1 aromatic rings. The molecular weight excluding hydrogens is 183 g/mol. The molecule has 0 unspecified atom stereocenters. The maximum absolute atomic E-state index is 9.00. The maximum atomic E-state index is 9.00. The fourth-order valence-corrected chi connectivity index (χ4v) is 1.18. The van der Waals surface area contributed by atoms with E-state index in [1.54, 1.807) is 0 Å². The molecule has 0 bridgehead atoms. The molecule has 3 heteroatoms. The summed E-state index contributed by atoms with van der Waals surface area (Å²) in [7, 11) is 0. The fourth-order valence-electron chi connectivity index (χ4n) is 0.227. The van der Waals surface area contributed by atoms with Gasteiger partial charge in [0.2, 0.25) is 0 Å². The van der Waals surface area contributed by atoms with Crippen LogP contribution in [0.5, 0.6) is 0 Å². The van der Waals surface area contributed by atoms with Crippen molar-refractivity contribution in [2.24, 2.45) is 0 Å². The van der Waals surface area contributed by atoms with Crippen molar-refractivity contribution in [3.8, 4) is 0 Å². The fraction of sp³-hybridized carbons (Fsp3) is 0.167. The van der Waals surface area contributed by atoms with E-state index in [1.165, 1.54) is 0 Å². The van der Waals surface area contributed by atoms with E-state index in [9.17, 15) is 0 Å². The van der Waals surface area contributed by atoms with Crippen LogP contribution in [0.2, 0.25) is 0 Å². The molecule has 0 saturated heterocycles. The van der Waals surface area contributed by atoms with E-state index in [-0.39, 0.29) is 0 Å². The number of aliphatic carboxylic acids is 1. The van der Waals surface area contributed by atoms with Crippen LogP contribution < -0.4 is 0 Å². The third-order valence-electron chi connectivity index (χ3n) is 0.425. The third kappa shape index (κ3) is 11.2. The first-order valence-electron chi connectivity index (χ1n) is 2.40. The Morgan fingerprint density at radius 2 is 1.78 bits per heavy atom. The normalized spacial score (nSPS) is 7.22. The molecule has 0 aromatic carbocycles. The van der Waals surface area contributed by atoms with Crippen LogP contribution in [0.25, 0.3) is 0 Å². The summed E-state index contributed by atoms with van der Waals surface area (Å²) in [6.45, 7) is 1.08. The van der Waals surface area contributed by atoms with Crippen LogP contribution in [0.4, 0.5) is 0 Å². The van der Waals surface area contributed by atoms with Crippen molar-refractivity contribution in [2.45, 2.75) is 6.92 Å². The second kappa shape index (κ2) is 5.60. The van der Waals surface area contributed by atoms with Crippen LogP contribution in [0.15, 0.2) is 22.0 Å².